The lowest BCUT2D eigenvalue weighted by molar-refractivity contribution is -0.116. The van der Waals surface area contributed by atoms with E-state index in [0.717, 1.165) is 16.7 Å². The van der Waals surface area contributed by atoms with Gasteiger partial charge in [-0.2, -0.15) is 17.0 Å². The van der Waals surface area contributed by atoms with E-state index in [1.165, 1.54) is 8.61 Å². The highest BCUT2D eigenvalue weighted by Crippen LogP contribution is 2.24. The fourth-order valence-corrected chi connectivity index (χ4v) is 4.72. The van der Waals surface area contributed by atoms with Gasteiger partial charge in [-0.25, -0.2) is 0 Å². The maximum atomic E-state index is 12.7. The second kappa shape index (κ2) is 7.98. The molecule has 1 fully saturated rings. The molecule has 1 N–H and O–H groups in total. The number of hydrogen-bond donors (Lipinski definition) is 1. The second-order valence-electron chi connectivity index (χ2n) is 6.56. The second-order valence-corrected chi connectivity index (χ2v) is 8.90. The van der Waals surface area contributed by atoms with Crippen LogP contribution >= 0.6 is 11.6 Å². The van der Waals surface area contributed by atoms with Crippen LogP contribution in [0.1, 0.15) is 16.7 Å². The van der Waals surface area contributed by atoms with Crippen LogP contribution < -0.4 is 5.32 Å². The van der Waals surface area contributed by atoms with Gasteiger partial charge < -0.3 is 5.32 Å². The molecule has 0 bridgehead atoms. The number of nitrogens with one attached hydrogen (secondary N) is 1. The van der Waals surface area contributed by atoms with Crippen LogP contribution in [0.15, 0.2) is 42.5 Å². The van der Waals surface area contributed by atoms with Crippen LogP contribution in [0.3, 0.4) is 0 Å². The van der Waals surface area contributed by atoms with Crippen LogP contribution in [-0.2, 0) is 21.5 Å². The van der Waals surface area contributed by atoms with Gasteiger partial charge in [-0.3, -0.25) is 4.79 Å². The highest BCUT2D eigenvalue weighted by molar-refractivity contribution is 7.87. The molecule has 1 aliphatic heterocycles. The molecule has 1 heterocycles. The summed E-state index contributed by atoms with van der Waals surface area (Å²) in [5.74, 6) is -0.355. The van der Waals surface area contributed by atoms with Gasteiger partial charge in [-0.05, 0) is 42.7 Å². The molecule has 0 spiro atoms. The van der Waals surface area contributed by atoms with Gasteiger partial charge >= 0.3 is 0 Å². The Morgan fingerprint density at radius 3 is 2.52 bits per heavy atom. The third kappa shape index (κ3) is 4.32. The largest absolute Gasteiger partial charge is 0.325 e. The first-order valence-electron chi connectivity index (χ1n) is 8.63. The van der Waals surface area contributed by atoms with E-state index in [1.807, 2.05) is 38.1 Å². The van der Waals surface area contributed by atoms with Gasteiger partial charge in [0.1, 0.15) is 0 Å². The SMILES string of the molecule is Cc1cccc(NC(=O)CN2CCN(Cc3ccccc3Cl)S2(=O)=O)c1C. The van der Waals surface area contributed by atoms with Crippen molar-refractivity contribution in [2.75, 3.05) is 25.0 Å². The summed E-state index contributed by atoms with van der Waals surface area (Å²) in [7, 11) is -3.70. The lowest BCUT2D eigenvalue weighted by atomic mass is 10.1. The fourth-order valence-electron chi connectivity index (χ4n) is 2.99. The van der Waals surface area contributed by atoms with Crippen molar-refractivity contribution in [3.05, 3.63) is 64.2 Å². The number of amides is 1. The molecule has 0 radical (unpaired) electrons. The average Bonchev–Trinajstić information content (AvgIpc) is 2.88. The monoisotopic (exact) mass is 407 g/mol. The predicted octanol–water partition coefficient (Wildman–Crippen LogP) is 2.96. The van der Waals surface area contributed by atoms with Crippen molar-refractivity contribution >= 4 is 33.4 Å². The molecule has 1 amide bonds. The molecule has 0 aliphatic carbocycles. The number of rotatable bonds is 5. The van der Waals surface area contributed by atoms with Crippen molar-refractivity contribution in [3.63, 3.8) is 0 Å². The van der Waals surface area contributed by atoms with E-state index in [0.29, 0.717) is 17.3 Å². The van der Waals surface area contributed by atoms with Crippen molar-refractivity contribution in [1.29, 1.82) is 0 Å². The molecule has 0 unspecified atom stereocenters. The first kappa shape index (κ1) is 19.8. The van der Waals surface area contributed by atoms with Crippen molar-refractivity contribution in [3.8, 4) is 0 Å². The molecule has 0 atom stereocenters. The molecule has 0 aromatic heterocycles. The number of benzene rings is 2. The molecule has 0 saturated carbocycles. The van der Waals surface area contributed by atoms with E-state index >= 15 is 0 Å². The Balaban J connectivity index is 1.67. The normalized spacial score (nSPS) is 17.1. The molecule has 27 heavy (non-hydrogen) atoms. The van der Waals surface area contributed by atoms with Gasteiger partial charge in [-0.15, -0.1) is 0 Å². The summed E-state index contributed by atoms with van der Waals surface area (Å²) in [6, 6.07) is 12.8. The van der Waals surface area contributed by atoms with Crippen LogP contribution in [0, 0.1) is 13.8 Å². The first-order valence-corrected chi connectivity index (χ1v) is 10.4. The molecule has 1 aliphatic rings. The minimum Gasteiger partial charge on any atom is -0.325 e. The Hall–Kier alpha value is -1.93. The number of hydrogen-bond acceptors (Lipinski definition) is 3. The summed E-state index contributed by atoms with van der Waals surface area (Å²) in [5, 5.41) is 3.33. The van der Waals surface area contributed by atoms with Crippen LogP contribution in [-0.4, -0.2) is 42.6 Å². The van der Waals surface area contributed by atoms with Crippen molar-refractivity contribution < 1.29 is 13.2 Å². The fraction of sp³-hybridized carbons (Fsp3) is 0.316. The van der Waals surface area contributed by atoms with Gasteiger partial charge in [0.15, 0.2) is 0 Å². The maximum Gasteiger partial charge on any atom is 0.282 e. The number of carbonyl (C=O) groups is 1. The number of aryl methyl sites for hydroxylation is 1. The third-order valence-electron chi connectivity index (χ3n) is 4.75. The van der Waals surface area contributed by atoms with Gasteiger partial charge in [-0.1, -0.05) is 41.9 Å². The van der Waals surface area contributed by atoms with Crippen molar-refractivity contribution in [2.24, 2.45) is 0 Å². The van der Waals surface area contributed by atoms with Crippen LogP contribution in [0.2, 0.25) is 5.02 Å². The summed E-state index contributed by atoms with van der Waals surface area (Å²) in [6.07, 6.45) is 0. The number of halogens is 1. The Morgan fingerprint density at radius 1 is 1.07 bits per heavy atom. The molecule has 8 heteroatoms. The zero-order valence-corrected chi connectivity index (χ0v) is 16.8. The molecular formula is C19H22ClN3O3S. The van der Waals surface area contributed by atoms with Crippen LogP contribution in [0.5, 0.6) is 0 Å². The van der Waals surface area contributed by atoms with E-state index in [9.17, 15) is 13.2 Å². The lowest BCUT2D eigenvalue weighted by Crippen LogP contribution is -2.38. The lowest BCUT2D eigenvalue weighted by Gasteiger charge is -2.19. The third-order valence-corrected chi connectivity index (χ3v) is 7.05. The van der Waals surface area contributed by atoms with Crippen molar-refractivity contribution in [2.45, 2.75) is 20.4 Å². The minimum atomic E-state index is -3.70. The molecule has 144 valence electrons. The quantitative estimate of drug-likeness (QED) is 0.828. The summed E-state index contributed by atoms with van der Waals surface area (Å²) >= 11 is 6.14. The van der Waals surface area contributed by atoms with Crippen LogP contribution in [0.4, 0.5) is 5.69 Å². The Morgan fingerprint density at radius 2 is 1.78 bits per heavy atom. The average molecular weight is 408 g/mol. The minimum absolute atomic E-state index is 0.192. The van der Waals surface area contributed by atoms with E-state index in [2.05, 4.69) is 5.32 Å². The van der Waals surface area contributed by atoms with E-state index in [4.69, 9.17) is 11.6 Å². The summed E-state index contributed by atoms with van der Waals surface area (Å²) < 4.78 is 28.0. The smallest absolute Gasteiger partial charge is 0.282 e. The first-order chi connectivity index (χ1) is 12.8. The number of anilines is 1. The Kier molecular flexibility index (Phi) is 5.86. The molecule has 1 saturated heterocycles. The zero-order chi connectivity index (χ0) is 19.6. The van der Waals surface area contributed by atoms with E-state index < -0.39 is 10.2 Å². The predicted molar refractivity (Wildman–Crippen MR) is 107 cm³/mol. The standard InChI is InChI=1S/C19H22ClN3O3S/c1-14-6-5-9-18(15(14)2)21-19(24)13-23-11-10-22(27(23,25)26)12-16-7-3-4-8-17(16)20/h3-9H,10-13H2,1-2H3,(H,21,24). The highest BCUT2D eigenvalue weighted by Gasteiger charge is 2.37. The molecule has 2 aromatic rings. The van der Waals surface area contributed by atoms with Gasteiger partial charge in [0.05, 0.1) is 6.54 Å². The summed E-state index contributed by atoms with van der Waals surface area (Å²) in [6.45, 7) is 4.45. The summed E-state index contributed by atoms with van der Waals surface area (Å²) in [5.41, 5.74) is 3.47. The van der Waals surface area contributed by atoms with E-state index in [-0.39, 0.29) is 25.5 Å². The highest BCUT2D eigenvalue weighted by atomic mass is 35.5. The molecular weight excluding hydrogens is 386 g/mol. The Labute approximate surface area is 164 Å². The number of nitrogens with zero attached hydrogens (tertiary/aromatic N) is 2. The summed E-state index contributed by atoms with van der Waals surface area (Å²) in [4.78, 5) is 12.4. The van der Waals surface area contributed by atoms with Gasteiger partial charge in [0, 0.05) is 30.3 Å². The van der Waals surface area contributed by atoms with E-state index in [1.54, 1.807) is 18.2 Å². The molecule has 3 rings (SSSR count). The van der Waals surface area contributed by atoms with Gasteiger partial charge in [0.25, 0.3) is 10.2 Å². The maximum absolute atomic E-state index is 12.7. The zero-order valence-electron chi connectivity index (χ0n) is 15.3. The van der Waals surface area contributed by atoms with Crippen LogP contribution in [0.25, 0.3) is 0 Å². The molecule has 6 nitrogen and oxygen atoms in total. The number of carbonyl (C=O) groups excluding carboxylic acids is 1. The van der Waals surface area contributed by atoms with Gasteiger partial charge in [0.2, 0.25) is 5.91 Å². The Bertz CT molecular complexity index is 962. The molecule has 2 aromatic carbocycles. The topological polar surface area (TPSA) is 69.7 Å². The van der Waals surface area contributed by atoms with Crippen molar-refractivity contribution in [1.82, 2.24) is 8.61 Å².